The standard InChI is InChI=1S/C14H20FN.ClH/c1-10(2)16-9-12-5-3-4-11-8-13(15)6-7-14(11)12;/h6-8,10,12,16H,3-5,9H2,1-2H3;1H. The van der Waals surface area contributed by atoms with E-state index < -0.39 is 0 Å². The molecule has 0 saturated heterocycles. The van der Waals surface area contributed by atoms with E-state index in [-0.39, 0.29) is 18.2 Å². The van der Waals surface area contributed by atoms with E-state index >= 15 is 0 Å². The van der Waals surface area contributed by atoms with Gasteiger partial charge >= 0.3 is 0 Å². The fourth-order valence-electron chi connectivity index (χ4n) is 2.47. The van der Waals surface area contributed by atoms with E-state index in [9.17, 15) is 4.39 Å². The highest BCUT2D eigenvalue weighted by atomic mass is 35.5. The van der Waals surface area contributed by atoms with Crippen molar-refractivity contribution in [1.82, 2.24) is 5.32 Å². The maximum atomic E-state index is 13.1. The summed E-state index contributed by atoms with van der Waals surface area (Å²) >= 11 is 0. The van der Waals surface area contributed by atoms with Crippen LogP contribution in [-0.2, 0) is 6.42 Å². The normalized spacial score (nSPS) is 18.7. The Morgan fingerprint density at radius 2 is 2.18 bits per heavy atom. The molecule has 3 heteroatoms. The first-order valence-corrected chi connectivity index (χ1v) is 6.18. The highest BCUT2D eigenvalue weighted by Gasteiger charge is 2.20. The van der Waals surface area contributed by atoms with Crippen molar-refractivity contribution in [2.24, 2.45) is 0 Å². The largest absolute Gasteiger partial charge is 0.314 e. The molecular weight excluding hydrogens is 237 g/mol. The van der Waals surface area contributed by atoms with Crippen LogP contribution < -0.4 is 5.32 Å². The first kappa shape index (κ1) is 14.5. The van der Waals surface area contributed by atoms with Crippen LogP contribution in [0.4, 0.5) is 4.39 Å². The molecule has 1 N–H and O–H groups in total. The molecular formula is C14H21ClFN. The molecule has 0 aliphatic heterocycles. The van der Waals surface area contributed by atoms with Crippen LogP contribution in [0.1, 0.15) is 43.7 Å². The van der Waals surface area contributed by atoms with Crippen molar-refractivity contribution >= 4 is 12.4 Å². The lowest BCUT2D eigenvalue weighted by Gasteiger charge is -2.26. The Morgan fingerprint density at radius 1 is 1.41 bits per heavy atom. The van der Waals surface area contributed by atoms with Crippen LogP contribution in [0, 0.1) is 5.82 Å². The van der Waals surface area contributed by atoms with Gasteiger partial charge in [0.2, 0.25) is 0 Å². The van der Waals surface area contributed by atoms with Gasteiger partial charge in [0.1, 0.15) is 5.82 Å². The highest BCUT2D eigenvalue weighted by molar-refractivity contribution is 5.85. The fraction of sp³-hybridized carbons (Fsp3) is 0.571. The van der Waals surface area contributed by atoms with Crippen molar-refractivity contribution in [2.75, 3.05) is 6.54 Å². The van der Waals surface area contributed by atoms with Crippen molar-refractivity contribution < 1.29 is 4.39 Å². The van der Waals surface area contributed by atoms with Gasteiger partial charge < -0.3 is 5.32 Å². The van der Waals surface area contributed by atoms with Crippen LogP contribution in [0.5, 0.6) is 0 Å². The molecule has 2 rings (SSSR count). The summed E-state index contributed by atoms with van der Waals surface area (Å²) in [5.74, 6) is 0.461. The van der Waals surface area contributed by atoms with Gasteiger partial charge in [0.25, 0.3) is 0 Å². The number of rotatable bonds is 3. The van der Waals surface area contributed by atoms with E-state index in [1.54, 1.807) is 12.1 Å². The second kappa shape index (κ2) is 6.36. The van der Waals surface area contributed by atoms with Gasteiger partial charge in [-0.3, -0.25) is 0 Å². The van der Waals surface area contributed by atoms with Gasteiger partial charge in [0.15, 0.2) is 0 Å². The van der Waals surface area contributed by atoms with Crippen LogP contribution in [0.15, 0.2) is 18.2 Å². The smallest absolute Gasteiger partial charge is 0.123 e. The van der Waals surface area contributed by atoms with Crippen molar-refractivity contribution in [3.63, 3.8) is 0 Å². The van der Waals surface area contributed by atoms with Crippen molar-refractivity contribution in [2.45, 2.75) is 45.1 Å². The maximum absolute atomic E-state index is 13.1. The van der Waals surface area contributed by atoms with Crippen LogP contribution in [0.2, 0.25) is 0 Å². The van der Waals surface area contributed by atoms with Crippen LogP contribution in [0.25, 0.3) is 0 Å². The van der Waals surface area contributed by atoms with Crippen LogP contribution in [-0.4, -0.2) is 12.6 Å². The Morgan fingerprint density at radius 3 is 2.88 bits per heavy atom. The van der Waals surface area contributed by atoms with Crippen molar-refractivity contribution in [3.8, 4) is 0 Å². The minimum atomic E-state index is -0.101. The first-order chi connectivity index (χ1) is 7.66. The van der Waals surface area contributed by atoms with Gasteiger partial charge in [-0.1, -0.05) is 19.9 Å². The summed E-state index contributed by atoms with van der Waals surface area (Å²) in [7, 11) is 0. The van der Waals surface area contributed by atoms with Crippen molar-refractivity contribution in [3.05, 3.63) is 35.1 Å². The topological polar surface area (TPSA) is 12.0 Å². The third kappa shape index (κ3) is 3.68. The predicted molar refractivity (Wildman–Crippen MR) is 72.5 cm³/mol. The van der Waals surface area contributed by atoms with Gasteiger partial charge in [0.05, 0.1) is 0 Å². The quantitative estimate of drug-likeness (QED) is 0.871. The predicted octanol–water partition coefficient (Wildman–Crippen LogP) is 3.67. The summed E-state index contributed by atoms with van der Waals surface area (Å²) in [5.41, 5.74) is 2.56. The molecule has 0 amide bonds. The monoisotopic (exact) mass is 257 g/mol. The van der Waals surface area contributed by atoms with Crippen LogP contribution in [0.3, 0.4) is 0 Å². The molecule has 0 aromatic heterocycles. The zero-order valence-electron chi connectivity index (χ0n) is 10.5. The van der Waals surface area contributed by atoms with Crippen LogP contribution >= 0.6 is 12.4 Å². The first-order valence-electron chi connectivity index (χ1n) is 6.18. The van der Waals surface area contributed by atoms with E-state index in [1.165, 1.54) is 24.0 Å². The Kier molecular flexibility index (Phi) is 5.41. The Labute approximate surface area is 109 Å². The molecule has 1 aliphatic carbocycles. The molecule has 96 valence electrons. The Hall–Kier alpha value is -0.600. The van der Waals surface area contributed by atoms with E-state index in [4.69, 9.17) is 0 Å². The zero-order valence-corrected chi connectivity index (χ0v) is 11.3. The van der Waals surface area contributed by atoms with E-state index in [2.05, 4.69) is 19.2 Å². The lowest BCUT2D eigenvalue weighted by molar-refractivity contribution is 0.477. The molecule has 0 saturated carbocycles. The summed E-state index contributed by atoms with van der Waals surface area (Å²) in [6, 6.07) is 5.78. The van der Waals surface area contributed by atoms with E-state index in [0.717, 1.165) is 13.0 Å². The molecule has 1 aliphatic rings. The number of benzene rings is 1. The van der Waals surface area contributed by atoms with Gasteiger partial charge in [-0.25, -0.2) is 4.39 Å². The molecule has 17 heavy (non-hydrogen) atoms. The molecule has 1 aromatic rings. The lowest BCUT2D eigenvalue weighted by atomic mass is 9.82. The summed E-state index contributed by atoms with van der Waals surface area (Å²) in [6.45, 7) is 5.33. The lowest BCUT2D eigenvalue weighted by Crippen LogP contribution is -2.29. The molecule has 1 atom stereocenters. The summed E-state index contributed by atoms with van der Waals surface area (Å²) in [4.78, 5) is 0. The van der Waals surface area contributed by atoms with E-state index in [1.807, 2.05) is 6.07 Å². The maximum Gasteiger partial charge on any atom is 0.123 e. The number of aryl methyl sites for hydroxylation is 1. The Balaban J connectivity index is 0.00000144. The molecule has 0 fully saturated rings. The minimum Gasteiger partial charge on any atom is -0.314 e. The molecule has 0 bridgehead atoms. The third-order valence-corrected chi connectivity index (χ3v) is 3.32. The Bertz CT molecular complexity index is 365. The highest BCUT2D eigenvalue weighted by Crippen LogP contribution is 2.31. The molecule has 0 spiro atoms. The SMILES string of the molecule is CC(C)NCC1CCCc2cc(F)ccc21.Cl. The fourth-order valence-corrected chi connectivity index (χ4v) is 2.47. The number of hydrogen-bond acceptors (Lipinski definition) is 1. The number of fused-ring (bicyclic) bond motifs is 1. The molecule has 0 radical (unpaired) electrons. The average molecular weight is 258 g/mol. The number of halogens is 2. The second-order valence-electron chi connectivity index (χ2n) is 5.00. The number of hydrogen-bond donors (Lipinski definition) is 1. The second-order valence-corrected chi connectivity index (χ2v) is 5.00. The molecule has 0 heterocycles. The van der Waals surface area contributed by atoms with Gasteiger partial charge in [-0.2, -0.15) is 0 Å². The number of nitrogens with one attached hydrogen (secondary N) is 1. The summed E-state index contributed by atoms with van der Waals surface area (Å²) in [5, 5.41) is 3.48. The molecule has 1 unspecified atom stereocenters. The summed E-state index contributed by atoms with van der Waals surface area (Å²) < 4.78 is 13.1. The zero-order chi connectivity index (χ0) is 11.5. The third-order valence-electron chi connectivity index (χ3n) is 3.32. The van der Waals surface area contributed by atoms with Gasteiger partial charge in [-0.15, -0.1) is 12.4 Å². The minimum absolute atomic E-state index is 0. The molecule has 1 aromatic carbocycles. The average Bonchev–Trinajstić information content (AvgIpc) is 2.25. The summed E-state index contributed by atoms with van der Waals surface area (Å²) in [6.07, 6.45) is 3.44. The van der Waals surface area contributed by atoms with E-state index in [0.29, 0.717) is 12.0 Å². The van der Waals surface area contributed by atoms with Crippen molar-refractivity contribution in [1.29, 1.82) is 0 Å². The van der Waals surface area contributed by atoms with Gasteiger partial charge in [0, 0.05) is 12.6 Å². The molecule has 1 nitrogen and oxygen atoms in total. The van der Waals surface area contributed by atoms with Gasteiger partial charge in [-0.05, 0) is 48.4 Å².